The van der Waals surface area contributed by atoms with Crippen LogP contribution < -0.4 is 0 Å². The van der Waals surface area contributed by atoms with Crippen molar-refractivity contribution in [2.45, 2.75) is 13.0 Å². The molecule has 0 bridgehead atoms. The van der Waals surface area contributed by atoms with E-state index in [0.29, 0.717) is 28.9 Å². The lowest BCUT2D eigenvalue weighted by atomic mass is 10.3. The van der Waals surface area contributed by atoms with Crippen molar-refractivity contribution < 1.29 is 0 Å². The zero-order valence-corrected chi connectivity index (χ0v) is 13.3. The molecule has 6 heteroatoms. The second-order valence-corrected chi connectivity index (χ2v) is 5.82. The summed E-state index contributed by atoms with van der Waals surface area (Å²) < 4.78 is 2.09. The van der Waals surface area contributed by atoms with Crippen LogP contribution in [0.1, 0.15) is 11.5 Å². The minimum atomic E-state index is 0.504. The van der Waals surface area contributed by atoms with Crippen molar-refractivity contribution in [3.63, 3.8) is 0 Å². The van der Waals surface area contributed by atoms with Gasteiger partial charge in [-0.05, 0) is 24.3 Å². The highest BCUT2D eigenvalue weighted by Crippen LogP contribution is 2.29. The topological polar surface area (TPSA) is 30.7 Å². The molecule has 108 valence electrons. The second-order valence-electron chi connectivity index (χ2n) is 4.63. The van der Waals surface area contributed by atoms with Crippen LogP contribution in [0.25, 0.3) is 11.0 Å². The Morgan fingerprint density at radius 3 is 2.62 bits per heavy atom. The Morgan fingerprint density at radius 2 is 1.90 bits per heavy atom. The third-order valence-corrected chi connectivity index (χ3v) is 4.14. The van der Waals surface area contributed by atoms with E-state index in [2.05, 4.69) is 14.5 Å². The maximum atomic E-state index is 6.13. The normalized spacial score (nSPS) is 11.2. The van der Waals surface area contributed by atoms with E-state index in [0.717, 1.165) is 22.6 Å². The first-order valence-electron chi connectivity index (χ1n) is 6.49. The molecule has 2 heterocycles. The summed E-state index contributed by atoms with van der Waals surface area (Å²) in [5, 5.41) is 1.02. The number of hydrogen-bond acceptors (Lipinski definition) is 2. The summed E-state index contributed by atoms with van der Waals surface area (Å²) in [5.41, 5.74) is 2.72. The van der Waals surface area contributed by atoms with Gasteiger partial charge in [0, 0.05) is 18.5 Å². The SMILES string of the molecule is ClCCc1nc2cc(Cl)c(Cl)cc2n1Cc1ccccn1. The standard InChI is InChI=1S/C15H12Cl3N3/c16-5-4-15-20-13-7-11(17)12(18)8-14(13)21(15)9-10-3-1-2-6-19-10/h1-3,6-8H,4-5,9H2. The van der Waals surface area contributed by atoms with Crippen molar-refractivity contribution in [2.75, 3.05) is 5.88 Å². The molecular formula is C15H12Cl3N3. The average molecular weight is 341 g/mol. The minimum Gasteiger partial charge on any atom is -0.322 e. The van der Waals surface area contributed by atoms with Gasteiger partial charge in [-0.15, -0.1) is 11.6 Å². The molecular weight excluding hydrogens is 329 g/mol. The maximum Gasteiger partial charge on any atom is 0.111 e. The van der Waals surface area contributed by atoms with Gasteiger partial charge in [0.2, 0.25) is 0 Å². The van der Waals surface area contributed by atoms with Crippen LogP contribution in [0.5, 0.6) is 0 Å². The van der Waals surface area contributed by atoms with Crippen molar-refractivity contribution in [3.8, 4) is 0 Å². The van der Waals surface area contributed by atoms with Crippen molar-refractivity contribution >= 4 is 45.8 Å². The van der Waals surface area contributed by atoms with Gasteiger partial charge in [-0.2, -0.15) is 0 Å². The fraction of sp³-hybridized carbons (Fsp3) is 0.200. The van der Waals surface area contributed by atoms with E-state index in [1.807, 2.05) is 24.3 Å². The first-order chi connectivity index (χ1) is 10.2. The molecule has 0 amide bonds. The summed E-state index contributed by atoms with van der Waals surface area (Å²) in [6, 6.07) is 9.46. The molecule has 0 spiro atoms. The highest BCUT2D eigenvalue weighted by atomic mass is 35.5. The van der Waals surface area contributed by atoms with Crippen LogP contribution in [0, 0.1) is 0 Å². The molecule has 1 aromatic carbocycles. The number of hydrogen-bond donors (Lipinski definition) is 0. The summed E-state index contributed by atoms with van der Waals surface area (Å²) in [4.78, 5) is 8.97. The summed E-state index contributed by atoms with van der Waals surface area (Å²) in [5.74, 6) is 1.41. The number of pyridine rings is 1. The van der Waals surface area contributed by atoms with Gasteiger partial charge in [0.25, 0.3) is 0 Å². The lowest BCUT2D eigenvalue weighted by Gasteiger charge is -2.08. The van der Waals surface area contributed by atoms with E-state index >= 15 is 0 Å². The van der Waals surface area contributed by atoms with Crippen LogP contribution >= 0.6 is 34.8 Å². The predicted molar refractivity (Wildman–Crippen MR) is 87.5 cm³/mol. The molecule has 0 aliphatic carbocycles. The lowest BCUT2D eigenvalue weighted by Crippen LogP contribution is -2.07. The highest BCUT2D eigenvalue weighted by Gasteiger charge is 2.13. The molecule has 3 rings (SSSR count). The zero-order valence-electron chi connectivity index (χ0n) is 11.1. The zero-order chi connectivity index (χ0) is 14.8. The first-order valence-corrected chi connectivity index (χ1v) is 7.78. The lowest BCUT2D eigenvalue weighted by molar-refractivity contribution is 0.738. The Kier molecular flexibility index (Phi) is 4.34. The largest absolute Gasteiger partial charge is 0.322 e. The molecule has 3 aromatic rings. The van der Waals surface area contributed by atoms with Crippen molar-refractivity contribution in [1.82, 2.24) is 14.5 Å². The fourth-order valence-corrected chi connectivity index (χ4v) is 2.76. The molecule has 0 aliphatic heterocycles. The number of imidazole rings is 1. The smallest absolute Gasteiger partial charge is 0.111 e. The van der Waals surface area contributed by atoms with Crippen LogP contribution in [0.15, 0.2) is 36.5 Å². The number of aromatic nitrogens is 3. The highest BCUT2D eigenvalue weighted by molar-refractivity contribution is 6.42. The third-order valence-electron chi connectivity index (χ3n) is 3.23. The van der Waals surface area contributed by atoms with Crippen LogP contribution in [0.2, 0.25) is 10.0 Å². The molecule has 0 aliphatic rings. The Bertz CT molecular complexity index is 769. The number of alkyl halides is 1. The Balaban J connectivity index is 2.13. The van der Waals surface area contributed by atoms with E-state index < -0.39 is 0 Å². The van der Waals surface area contributed by atoms with Gasteiger partial charge in [-0.1, -0.05) is 29.3 Å². The van der Waals surface area contributed by atoms with Gasteiger partial charge in [-0.3, -0.25) is 4.98 Å². The van der Waals surface area contributed by atoms with Gasteiger partial charge in [0.15, 0.2) is 0 Å². The van der Waals surface area contributed by atoms with Crippen LogP contribution in [-0.2, 0) is 13.0 Å². The Labute approximate surface area is 137 Å². The van der Waals surface area contributed by atoms with Gasteiger partial charge in [-0.25, -0.2) is 4.98 Å². The fourth-order valence-electron chi connectivity index (χ4n) is 2.28. The quantitative estimate of drug-likeness (QED) is 0.651. The number of aryl methyl sites for hydroxylation is 1. The van der Waals surface area contributed by atoms with Crippen molar-refractivity contribution in [3.05, 3.63) is 58.1 Å². The van der Waals surface area contributed by atoms with Crippen molar-refractivity contribution in [2.24, 2.45) is 0 Å². The van der Waals surface area contributed by atoms with Crippen LogP contribution in [-0.4, -0.2) is 20.4 Å². The van der Waals surface area contributed by atoms with E-state index in [9.17, 15) is 0 Å². The van der Waals surface area contributed by atoms with Gasteiger partial charge in [0.1, 0.15) is 5.82 Å². The number of halogens is 3. The predicted octanol–water partition coefficient (Wildman–Crippen LogP) is 4.57. The number of benzene rings is 1. The number of nitrogens with zero attached hydrogens (tertiary/aromatic N) is 3. The number of rotatable bonds is 4. The van der Waals surface area contributed by atoms with E-state index in [-0.39, 0.29) is 0 Å². The van der Waals surface area contributed by atoms with Gasteiger partial charge >= 0.3 is 0 Å². The molecule has 3 nitrogen and oxygen atoms in total. The number of fused-ring (bicyclic) bond motifs is 1. The van der Waals surface area contributed by atoms with Crippen molar-refractivity contribution in [1.29, 1.82) is 0 Å². The molecule has 0 N–H and O–H groups in total. The summed E-state index contributed by atoms with van der Waals surface area (Å²) in [6.45, 7) is 0.627. The Morgan fingerprint density at radius 1 is 1.10 bits per heavy atom. The second kappa shape index (κ2) is 6.22. The molecule has 0 radical (unpaired) electrons. The van der Waals surface area contributed by atoms with E-state index in [1.165, 1.54) is 0 Å². The monoisotopic (exact) mass is 339 g/mol. The van der Waals surface area contributed by atoms with Crippen LogP contribution in [0.4, 0.5) is 0 Å². The molecule has 2 aromatic heterocycles. The minimum absolute atomic E-state index is 0.504. The molecule has 21 heavy (non-hydrogen) atoms. The third kappa shape index (κ3) is 3.00. The van der Waals surface area contributed by atoms with E-state index in [4.69, 9.17) is 34.8 Å². The van der Waals surface area contributed by atoms with E-state index in [1.54, 1.807) is 12.3 Å². The van der Waals surface area contributed by atoms with Gasteiger partial charge in [0.05, 0.1) is 33.3 Å². The maximum absolute atomic E-state index is 6.13. The molecule has 0 atom stereocenters. The van der Waals surface area contributed by atoms with Gasteiger partial charge < -0.3 is 4.57 Å². The molecule has 0 saturated carbocycles. The summed E-state index contributed by atoms with van der Waals surface area (Å²) in [6.07, 6.45) is 2.46. The molecule has 0 saturated heterocycles. The molecule has 0 unspecified atom stereocenters. The average Bonchev–Trinajstić information content (AvgIpc) is 2.79. The first kappa shape index (κ1) is 14.6. The Hall–Kier alpha value is -1.29. The summed E-state index contributed by atoms with van der Waals surface area (Å²) >= 11 is 18.1. The summed E-state index contributed by atoms with van der Waals surface area (Å²) in [7, 11) is 0. The molecule has 0 fully saturated rings. The van der Waals surface area contributed by atoms with Crippen LogP contribution in [0.3, 0.4) is 0 Å².